The minimum Gasteiger partial charge on any atom is -0.360 e. The number of hydrogen-bond donors (Lipinski definition) is 2. The lowest BCUT2D eigenvalue weighted by molar-refractivity contribution is -0.133. The first kappa shape index (κ1) is 14.5. The van der Waals surface area contributed by atoms with E-state index in [1.807, 2.05) is 0 Å². The van der Waals surface area contributed by atoms with Crippen molar-refractivity contribution >= 4 is 17.6 Å². The zero-order valence-corrected chi connectivity index (χ0v) is 11.8. The van der Waals surface area contributed by atoms with Crippen LogP contribution in [-0.4, -0.2) is 48.0 Å². The number of aromatic nitrogens is 1. The number of amides is 2. The Labute approximate surface area is 117 Å². The van der Waals surface area contributed by atoms with Crippen molar-refractivity contribution < 1.29 is 14.1 Å². The molecule has 0 radical (unpaired) electrons. The summed E-state index contributed by atoms with van der Waals surface area (Å²) in [5.74, 6) is 0.647. The number of nitrogens with one attached hydrogen (secondary N) is 2. The van der Waals surface area contributed by atoms with Crippen LogP contribution in [0.3, 0.4) is 0 Å². The first-order valence-corrected chi connectivity index (χ1v) is 6.75. The third-order valence-corrected chi connectivity index (χ3v) is 3.05. The van der Waals surface area contributed by atoms with E-state index in [-0.39, 0.29) is 18.4 Å². The van der Waals surface area contributed by atoms with Crippen molar-refractivity contribution in [3.8, 4) is 0 Å². The van der Waals surface area contributed by atoms with E-state index in [9.17, 15) is 9.59 Å². The molecule has 1 aromatic rings. The molecule has 2 rings (SSSR count). The summed E-state index contributed by atoms with van der Waals surface area (Å²) >= 11 is 0. The van der Waals surface area contributed by atoms with Gasteiger partial charge in [-0.2, -0.15) is 0 Å². The summed E-state index contributed by atoms with van der Waals surface area (Å²) in [6.45, 7) is 2.41. The van der Waals surface area contributed by atoms with E-state index in [4.69, 9.17) is 4.52 Å². The van der Waals surface area contributed by atoms with Gasteiger partial charge >= 0.3 is 0 Å². The van der Waals surface area contributed by atoms with Gasteiger partial charge in [0.2, 0.25) is 11.8 Å². The Morgan fingerprint density at radius 2 is 2.25 bits per heavy atom. The second kappa shape index (κ2) is 6.51. The number of hydrogen-bond acceptors (Lipinski definition) is 5. The van der Waals surface area contributed by atoms with Crippen molar-refractivity contribution in [3.63, 3.8) is 0 Å². The zero-order valence-electron chi connectivity index (χ0n) is 11.8. The quantitative estimate of drug-likeness (QED) is 0.760. The molecule has 2 amide bonds. The highest BCUT2D eigenvalue weighted by Crippen LogP contribution is 2.18. The van der Waals surface area contributed by atoms with Gasteiger partial charge in [0, 0.05) is 32.1 Å². The Balaban J connectivity index is 1.67. The monoisotopic (exact) mass is 280 g/mol. The van der Waals surface area contributed by atoms with Crippen LogP contribution in [0.25, 0.3) is 0 Å². The van der Waals surface area contributed by atoms with Crippen molar-refractivity contribution in [2.45, 2.75) is 32.2 Å². The molecule has 20 heavy (non-hydrogen) atoms. The number of aryl methyl sites for hydroxylation is 1. The third-order valence-electron chi connectivity index (χ3n) is 3.05. The topological polar surface area (TPSA) is 87.5 Å². The predicted molar refractivity (Wildman–Crippen MR) is 73.1 cm³/mol. The highest BCUT2D eigenvalue weighted by atomic mass is 16.5. The lowest BCUT2D eigenvalue weighted by Crippen LogP contribution is -2.36. The fraction of sp³-hybridized carbons (Fsp3) is 0.615. The molecule has 1 aliphatic rings. The summed E-state index contributed by atoms with van der Waals surface area (Å²) < 4.78 is 4.85. The first-order valence-electron chi connectivity index (χ1n) is 6.75. The minimum atomic E-state index is -0.288. The van der Waals surface area contributed by atoms with E-state index in [1.165, 1.54) is 17.7 Å². The average Bonchev–Trinajstić information content (AvgIpc) is 3.12. The molecule has 1 aromatic heterocycles. The molecule has 2 N–H and O–H groups in total. The number of rotatable bonds is 7. The van der Waals surface area contributed by atoms with E-state index in [2.05, 4.69) is 15.8 Å². The van der Waals surface area contributed by atoms with Crippen molar-refractivity contribution in [3.05, 3.63) is 11.8 Å². The highest BCUT2D eigenvalue weighted by molar-refractivity contribution is 5.93. The molecule has 0 bridgehead atoms. The van der Waals surface area contributed by atoms with E-state index in [1.54, 1.807) is 20.0 Å². The van der Waals surface area contributed by atoms with Crippen LogP contribution in [0.5, 0.6) is 0 Å². The van der Waals surface area contributed by atoms with Crippen molar-refractivity contribution in [1.29, 1.82) is 0 Å². The summed E-state index contributed by atoms with van der Waals surface area (Å²) in [5, 5.41) is 9.51. The maximum Gasteiger partial charge on any atom is 0.245 e. The van der Waals surface area contributed by atoms with Gasteiger partial charge in [0.15, 0.2) is 5.82 Å². The Bertz CT molecular complexity index is 482. The summed E-state index contributed by atoms with van der Waals surface area (Å²) in [7, 11) is 1.62. The van der Waals surface area contributed by atoms with Gasteiger partial charge in [-0.05, 0) is 19.8 Å². The van der Waals surface area contributed by atoms with E-state index in [0.29, 0.717) is 30.6 Å². The molecule has 1 fully saturated rings. The van der Waals surface area contributed by atoms with Gasteiger partial charge in [-0.15, -0.1) is 0 Å². The summed E-state index contributed by atoms with van der Waals surface area (Å²) in [4.78, 5) is 24.9. The number of nitrogens with zero attached hydrogens (tertiary/aromatic N) is 2. The Kier molecular flexibility index (Phi) is 4.73. The van der Waals surface area contributed by atoms with Crippen LogP contribution in [0.15, 0.2) is 10.6 Å². The predicted octanol–water partition coefficient (Wildman–Crippen LogP) is 0.522. The SMILES string of the molecule is Cc1cc(NC(=O)CN(C)C(=O)CCNC2CC2)no1. The molecule has 0 aromatic carbocycles. The first-order chi connectivity index (χ1) is 9.54. The standard InChI is InChI=1S/C13H20N4O3/c1-9-7-11(16-20-9)15-12(18)8-17(2)13(19)5-6-14-10-3-4-10/h7,10,14H,3-6,8H2,1-2H3,(H,15,16,18). The van der Waals surface area contributed by atoms with Gasteiger partial charge in [-0.1, -0.05) is 5.16 Å². The van der Waals surface area contributed by atoms with Crippen LogP contribution in [0.1, 0.15) is 25.0 Å². The smallest absolute Gasteiger partial charge is 0.245 e. The van der Waals surface area contributed by atoms with Crippen LogP contribution >= 0.6 is 0 Å². The van der Waals surface area contributed by atoms with Gasteiger partial charge in [0.25, 0.3) is 0 Å². The molecule has 110 valence electrons. The van der Waals surface area contributed by atoms with Crippen LogP contribution in [0, 0.1) is 6.92 Å². The molecule has 0 atom stereocenters. The molecule has 1 heterocycles. The molecule has 1 aliphatic carbocycles. The second-order valence-electron chi connectivity index (χ2n) is 5.10. The Hall–Kier alpha value is -1.89. The van der Waals surface area contributed by atoms with Gasteiger partial charge in [0.05, 0.1) is 6.54 Å². The summed E-state index contributed by atoms with van der Waals surface area (Å²) in [6, 6.07) is 2.21. The Morgan fingerprint density at radius 1 is 1.50 bits per heavy atom. The van der Waals surface area contributed by atoms with Gasteiger partial charge in [0.1, 0.15) is 5.76 Å². The normalized spacial score (nSPS) is 14.1. The second-order valence-corrected chi connectivity index (χ2v) is 5.10. The lowest BCUT2D eigenvalue weighted by atomic mass is 10.3. The van der Waals surface area contributed by atoms with E-state index >= 15 is 0 Å². The molecular weight excluding hydrogens is 260 g/mol. The summed E-state index contributed by atoms with van der Waals surface area (Å²) in [5.41, 5.74) is 0. The number of carbonyl (C=O) groups excluding carboxylic acids is 2. The van der Waals surface area contributed by atoms with Crippen molar-refractivity contribution in [2.75, 3.05) is 25.5 Å². The van der Waals surface area contributed by atoms with Gasteiger partial charge < -0.3 is 20.1 Å². The van der Waals surface area contributed by atoms with Crippen LogP contribution in [0.2, 0.25) is 0 Å². The maximum absolute atomic E-state index is 11.8. The van der Waals surface area contributed by atoms with Crippen molar-refractivity contribution in [2.24, 2.45) is 0 Å². The van der Waals surface area contributed by atoms with Crippen molar-refractivity contribution in [1.82, 2.24) is 15.4 Å². The van der Waals surface area contributed by atoms with Gasteiger partial charge in [-0.25, -0.2) is 0 Å². The fourth-order valence-electron chi connectivity index (χ4n) is 1.77. The highest BCUT2D eigenvalue weighted by Gasteiger charge is 2.21. The number of likely N-dealkylation sites (N-methyl/N-ethyl adjacent to an activating group) is 1. The molecule has 7 heteroatoms. The van der Waals surface area contributed by atoms with Crippen LogP contribution in [0.4, 0.5) is 5.82 Å². The zero-order chi connectivity index (χ0) is 14.5. The summed E-state index contributed by atoms with van der Waals surface area (Å²) in [6.07, 6.45) is 2.80. The molecule has 1 saturated carbocycles. The maximum atomic E-state index is 11.8. The molecule has 0 spiro atoms. The van der Waals surface area contributed by atoms with Crippen LogP contribution < -0.4 is 10.6 Å². The largest absolute Gasteiger partial charge is 0.360 e. The van der Waals surface area contributed by atoms with E-state index in [0.717, 1.165) is 0 Å². The van der Waals surface area contributed by atoms with Crippen LogP contribution in [-0.2, 0) is 9.59 Å². The van der Waals surface area contributed by atoms with E-state index < -0.39 is 0 Å². The number of anilines is 1. The minimum absolute atomic E-state index is 0.00810. The molecular formula is C13H20N4O3. The molecule has 0 saturated heterocycles. The third kappa shape index (κ3) is 4.65. The molecule has 0 unspecified atom stereocenters. The van der Waals surface area contributed by atoms with Gasteiger partial charge in [-0.3, -0.25) is 9.59 Å². The average molecular weight is 280 g/mol. The Morgan fingerprint density at radius 3 is 2.85 bits per heavy atom. The molecule has 7 nitrogen and oxygen atoms in total. The molecule has 0 aliphatic heterocycles. The fourth-order valence-corrected chi connectivity index (χ4v) is 1.77. The lowest BCUT2D eigenvalue weighted by Gasteiger charge is -2.16. The number of carbonyl (C=O) groups is 2.